The summed E-state index contributed by atoms with van der Waals surface area (Å²) in [7, 11) is 0. The summed E-state index contributed by atoms with van der Waals surface area (Å²) in [5, 5.41) is 2.90. The number of unbranched alkanes of at least 4 members (excludes halogenated alkanes) is 2. The van der Waals surface area contributed by atoms with Crippen LogP contribution in [0.5, 0.6) is 0 Å². The van der Waals surface area contributed by atoms with Gasteiger partial charge in [-0.2, -0.15) is 0 Å². The van der Waals surface area contributed by atoms with Crippen molar-refractivity contribution in [1.82, 2.24) is 5.32 Å². The Kier molecular flexibility index (Phi) is 5.32. The van der Waals surface area contributed by atoms with Crippen LogP contribution >= 0.6 is 0 Å². The Labute approximate surface area is 90.4 Å². The molecule has 0 saturated carbocycles. The first-order valence-electron chi connectivity index (χ1n) is 5.65. The van der Waals surface area contributed by atoms with Crippen LogP contribution in [0.1, 0.15) is 45.4 Å². The van der Waals surface area contributed by atoms with E-state index >= 15 is 0 Å². The van der Waals surface area contributed by atoms with E-state index in [0.29, 0.717) is 19.3 Å². The number of carbonyl (C=O) groups is 2. The van der Waals surface area contributed by atoms with Gasteiger partial charge < -0.3 is 4.74 Å². The molecule has 15 heavy (non-hydrogen) atoms. The average molecular weight is 213 g/mol. The van der Waals surface area contributed by atoms with Crippen molar-refractivity contribution >= 4 is 11.8 Å². The minimum Gasteiger partial charge on any atom is -0.449 e. The Morgan fingerprint density at radius 2 is 2.27 bits per heavy atom. The predicted octanol–water partition coefficient (Wildman–Crippen LogP) is 1.39. The van der Waals surface area contributed by atoms with E-state index in [1.54, 1.807) is 0 Å². The van der Waals surface area contributed by atoms with Crippen LogP contribution in [-0.4, -0.2) is 24.5 Å². The van der Waals surface area contributed by atoms with Gasteiger partial charge in [-0.05, 0) is 12.8 Å². The van der Waals surface area contributed by atoms with Crippen LogP contribution in [0.25, 0.3) is 0 Å². The number of nitrogens with one attached hydrogen (secondary N) is 1. The number of carbonyl (C=O) groups excluding carboxylic acids is 2. The molecule has 0 aliphatic carbocycles. The van der Waals surface area contributed by atoms with Gasteiger partial charge in [0.25, 0.3) is 0 Å². The molecule has 0 bridgehead atoms. The first-order chi connectivity index (χ1) is 7.24. The number of ether oxygens (including phenoxy) is 1. The Hall–Kier alpha value is -0.900. The predicted molar refractivity (Wildman–Crippen MR) is 56.3 cm³/mol. The monoisotopic (exact) mass is 213 g/mol. The molecule has 4 heteroatoms. The van der Waals surface area contributed by atoms with E-state index in [4.69, 9.17) is 4.74 Å². The molecule has 1 fully saturated rings. The molecule has 1 saturated heterocycles. The average Bonchev–Trinajstić information content (AvgIpc) is 2.61. The summed E-state index contributed by atoms with van der Waals surface area (Å²) in [6.45, 7) is 2.40. The quantitative estimate of drug-likeness (QED) is 0.513. The maximum atomic E-state index is 11.4. The summed E-state index contributed by atoms with van der Waals surface area (Å²) in [6.07, 6.45) is 4.91. The van der Waals surface area contributed by atoms with Crippen molar-refractivity contribution in [3.05, 3.63) is 0 Å². The molecule has 0 aromatic rings. The van der Waals surface area contributed by atoms with Gasteiger partial charge in [-0.1, -0.05) is 19.8 Å². The zero-order valence-corrected chi connectivity index (χ0v) is 9.25. The second kappa shape index (κ2) is 6.56. The lowest BCUT2D eigenvalue weighted by molar-refractivity contribution is -0.139. The van der Waals surface area contributed by atoms with Gasteiger partial charge in [-0.15, -0.1) is 0 Å². The van der Waals surface area contributed by atoms with Crippen molar-refractivity contribution in [2.45, 2.75) is 51.5 Å². The maximum Gasteiger partial charge on any atom is 0.324 e. The Morgan fingerprint density at radius 1 is 1.47 bits per heavy atom. The van der Waals surface area contributed by atoms with E-state index in [1.807, 2.05) is 0 Å². The van der Waals surface area contributed by atoms with E-state index in [9.17, 15) is 9.59 Å². The number of hydrogen-bond acceptors (Lipinski definition) is 4. The van der Waals surface area contributed by atoms with E-state index in [0.717, 1.165) is 19.3 Å². The third-order valence-corrected chi connectivity index (χ3v) is 2.60. The third-order valence-electron chi connectivity index (χ3n) is 2.60. The van der Waals surface area contributed by atoms with E-state index < -0.39 is 0 Å². The molecule has 1 rings (SSSR count). The summed E-state index contributed by atoms with van der Waals surface area (Å²) in [6, 6.07) is -0.264. The van der Waals surface area contributed by atoms with Crippen molar-refractivity contribution in [3.8, 4) is 0 Å². The molecule has 1 atom stereocenters. The number of hydrogen-bond donors (Lipinski definition) is 1. The molecule has 0 spiro atoms. The minimum absolute atomic E-state index is 0.226. The fraction of sp³-hybridized carbons (Fsp3) is 0.818. The molecule has 0 amide bonds. The van der Waals surface area contributed by atoms with Crippen LogP contribution in [0.15, 0.2) is 0 Å². The highest BCUT2D eigenvalue weighted by molar-refractivity contribution is 5.81. The molecule has 1 heterocycles. The summed E-state index contributed by atoms with van der Waals surface area (Å²) < 4.78 is 4.73. The lowest BCUT2D eigenvalue weighted by atomic mass is 10.0. The summed E-state index contributed by atoms with van der Waals surface area (Å²) >= 11 is 0. The highest BCUT2D eigenvalue weighted by Gasteiger charge is 2.25. The standard InChI is InChI=1S/C11H19NO3/c1-2-3-4-5-9(13)6-7-10-11(14)15-8-12-10/h10,12H,2-8H2,1H3/t10-/m0/s1. The lowest BCUT2D eigenvalue weighted by Crippen LogP contribution is -2.27. The number of cyclic esters (lactones) is 1. The molecule has 0 unspecified atom stereocenters. The minimum atomic E-state index is -0.264. The zero-order chi connectivity index (χ0) is 11.1. The highest BCUT2D eigenvalue weighted by Crippen LogP contribution is 2.08. The van der Waals surface area contributed by atoms with Crippen LogP contribution in [0, 0.1) is 0 Å². The molecule has 0 aromatic heterocycles. The van der Waals surface area contributed by atoms with Gasteiger partial charge in [0.2, 0.25) is 0 Å². The van der Waals surface area contributed by atoms with Crippen LogP contribution in [0.2, 0.25) is 0 Å². The molecule has 0 aromatic carbocycles. The van der Waals surface area contributed by atoms with Crippen LogP contribution in [-0.2, 0) is 14.3 Å². The molecule has 4 nitrogen and oxygen atoms in total. The molecule has 1 aliphatic rings. The molecule has 0 radical (unpaired) electrons. The summed E-state index contributed by atoms with van der Waals surface area (Å²) in [5.74, 6) is 0.0290. The first-order valence-corrected chi connectivity index (χ1v) is 5.65. The molecule has 86 valence electrons. The fourth-order valence-electron chi connectivity index (χ4n) is 1.62. The van der Waals surface area contributed by atoms with E-state index in [2.05, 4.69) is 12.2 Å². The maximum absolute atomic E-state index is 11.4. The SMILES string of the molecule is CCCCCC(=O)CC[C@@H]1NCOC1=O. The highest BCUT2D eigenvalue weighted by atomic mass is 16.6. The number of rotatable bonds is 7. The van der Waals surface area contributed by atoms with Crippen LogP contribution in [0.3, 0.4) is 0 Å². The van der Waals surface area contributed by atoms with Gasteiger partial charge in [0.05, 0.1) is 0 Å². The topological polar surface area (TPSA) is 55.4 Å². The van der Waals surface area contributed by atoms with Gasteiger partial charge in [0.1, 0.15) is 18.6 Å². The molecule has 1 N–H and O–H groups in total. The smallest absolute Gasteiger partial charge is 0.324 e. The second-order valence-electron chi connectivity index (χ2n) is 3.90. The van der Waals surface area contributed by atoms with Gasteiger partial charge in [-0.3, -0.25) is 14.9 Å². The second-order valence-corrected chi connectivity index (χ2v) is 3.90. The van der Waals surface area contributed by atoms with Gasteiger partial charge >= 0.3 is 5.97 Å². The number of esters is 1. The molecule has 1 aliphatic heterocycles. The number of ketones is 1. The first kappa shape index (κ1) is 12.2. The molecular weight excluding hydrogens is 194 g/mol. The largest absolute Gasteiger partial charge is 0.449 e. The van der Waals surface area contributed by atoms with E-state index in [-0.39, 0.29) is 24.5 Å². The molecular formula is C11H19NO3. The van der Waals surface area contributed by atoms with Crippen molar-refractivity contribution in [1.29, 1.82) is 0 Å². The normalized spacial score (nSPS) is 20.3. The van der Waals surface area contributed by atoms with Crippen molar-refractivity contribution in [3.63, 3.8) is 0 Å². The third kappa shape index (κ3) is 4.42. The van der Waals surface area contributed by atoms with Gasteiger partial charge in [-0.25, -0.2) is 0 Å². The lowest BCUT2D eigenvalue weighted by Gasteiger charge is -2.04. The van der Waals surface area contributed by atoms with Crippen LogP contribution < -0.4 is 5.32 Å². The van der Waals surface area contributed by atoms with Crippen LogP contribution in [0.4, 0.5) is 0 Å². The van der Waals surface area contributed by atoms with E-state index in [1.165, 1.54) is 0 Å². The number of Topliss-reactive ketones (excluding diaryl/α,β-unsaturated/α-hetero) is 1. The Balaban J connectivity index is 2.08. The summed E-state index contributed by atoms with van der Waals surface area (Å²) in [4.78, 5) is 22.5. The van der Waals surface area contributed by atoms with Crippen molar-refractivity contribution in [2.75, 3.05) is 6.73 Å². The Morgan fingerprint density at radius 3 is 2.87 bits per heavy atom. The summed E-state index contributed by atoms with van der Waals surface area (Å²) in [5.41, 5.74) is 0. The fourth-order valence-corrected chi connectivity index (χ4v) is 1.62. The Bertz CT molecular complexity index is 228. The van der Waals surface area contributed by atoms with Crippen molar-refractivity contribution in [2.24, 2.45) is 0 Å². The zero-order valence-electron chi connectivity index (χ0n) is 9.25. The van der Waals surface area contributed by atoms with Crippen molar-refractivity contribution < 1.29 is 14.3 Å². The van der Waals surface area contributed by atoms with Gasteiger partial charge in [0.15, 0.2) is 0 Å². The van der Waals surface area contributed by atoms with Gasteiger partial charge in [0, 0.05) is 12.8 Å².